The maximum Gasteiger partial charge on any atom is 0.258 e. The van der Waals surface area contributed by atoms with Gasteiger partial charge in [-0.2, -0.15) is 4.98 Å². The number of fused-ring (bicyclic) bond motifs is 2. The molecule has 126 valence electrons. The molecule has 0 saturated heterocycles. The highest BCUT2D eigenvalue weighted by atomic mass is 16.5. The normalized spacial score (nSPS) is 11.9. The van der Waals surface area contributed by atoms with Gasteiger partial charge in [-0.3, -0.25) is 4.79 Å². The molecule has 0 fully saturated rings. The van der Waals surface area contributed by atoms with Gasteiger partial charge in [-0.1, -0.05) is 12.1 Å². The summed E-state index contributed by atoms with van der Waals surface area (Å²) in [5.41, 5.74) is 1.87. The van der Waals surface area contributed by atoms with E-state index in [1.54, 1.807) is 14.2 Å². The number of rotatable bonds is 3. The lowest BCUT2D eigenvalue weighted by Gasteiger charge is -2.20. The van der Waals surface area contributed by atoms with E-state index in [1.165, 1.54) is 0 Å². The number of methoxy groups -OCH3 is 2. The summed E-state index contributed by atoms with van der Waals surface area (Å²) in [4.78, 5) is 19.9. The number of ether oxygens (including phenoxy) is 3. The van der Waals surface area contributed by atoms with E-state index in [0.717, 1.165) is 11.3 Å². The molecule has 1 aromatic heterocycles. The van der Waals surface area contributed by atoms with Crippen molar-refractivity contribution in [2.75, 3.05) is 14.2 Å². The van der Waals surface area contributed by atoms with Crippen LogP contribution in [0.5, 0.6) is 23.1 Å². The van der Waals surface area contributed by atoms with Crippen LogP contribution >= 0.6 is 0 Å². The summed E-state index contributed by atoms with van der Waals surface area (Å²) in [6.45, 7) is 0. The van der Waals surface area contributed by atoms with Crippen LogP contribution in [0, 0.1) is 0 Å². The molecule has 0 radical (unpaired) electrons. The standard InChI is InChI=1S/C19H16N2O4/c1-23-12-7-8-15-11(9-12)10-14-18(22)20-17(21-19(14)25-15)13-5-3-4-6-16(13)24-2/h3-9H,10H2,1-2H3,(H,20,21,22). The molecule has 25 heavy (non-hydrogen) atoms. The predicted octanol–water partition coefficient (Wildman–Crippen LogP) is 3.15. The van der Waals surface area contributed by atoms with Crippen molar-refractivity contribution >= 4 is 0 Å². The minimum Gasteiger partial charge on any atom is -0.497 e. The Labute approximate surface area is 144 Å². The van der Waals surface area contributed by atoms with Crippen molar-refractivity contribution in [1.82, 2.24) is 9.97 Å². The Morgan fingerprint density at radius 2 is 1.96 bits per heavy atom. The number of nitrogens with one attached hydrogen (secondary N) is 1. The fourth-order valence-electron chi connectivity index (χ4n) is 2.90. The molecule has 6 heteroatoms. The highest BCUT2D eigenvalue weighted by Gasteiger charge is 2.23. The van der Waals surface area contributed by atoms with Crippen molar-refractivity contribution in [2.45, 2.75) is 6.42 Å². The highest BCUT2D eigenvalue weighted by Crippen LogP contribution is 2.37. The van der Waals surface area contributed by atoms with E-state index in [2.05, 4.69) is 9.97 Å². The van der Waals surface area contributed by atoms with Crippen LogP contribution in [0.15, 0.2) is 47.3 Å². The fraction of sp³-hybridized carbons (Fsp3) is 0.158. The summed E-state index contributed by atoms with van der Waals surface area (Å²) < 4.78 is 16.4. The monoisotopic (exact) mass is 336 g/mol. The Kier molecular flexibility index (Phi) is 3.65. The Morgan fingerprint density at radius 1 is 1.12 bits per heavy atom. The molecule has 0 spiro atoms. The van der Waals surface area contributed by atoms with Crippen LogP contribution in [-0.4, -0.2) is 24.2 Å². The Bertz CT molecular complexity index is 1010. The second-order valence-corrected chi connectivity index (χ2v) is 5.65. The van der Waals surface area contributed by atoms with Crippen molar-refractivity contribution in [1.29, 1.82) is 0 Å². The predicted molar refractivity (Wildman–Crippen MR) is 92.7 cm³/mol. The molecule has 3 aromatic rings. The Hall–Kier alpha value is -3.28. The van der Waals surface area contributed by atoms with Crippen molar-refractivity contribution in [3.63, 3.8) is 0 Å². The molecule has 4 rings (SSSR count). The van der Waals surface area contributed by atoms with Crippen LogP contribution in [-0.2, 0) is 6.42 Å². The number of para-hydroxylation sites is 1. The third kappa shape index (κ3) is 2.61. The molecule has 1 N–H and O–H groups in total. The fourth-order valence-corrected chi connectivity index (χ4v) is 2.90. The molecule has 0 unspecified atom stereocenters. The first-order chi connectivity index (χ1) is 12.2. The van der Waals surface area contributed by atoms with Gasteiger partial charge in [-0.05, 0) is 30.3 Å². The third-order valence-corrected chi connectivity index (χ3v) is 4.18. The van der Waals surface area contributed by atoms with Gasteiger partial charge in [0.1, 0.15) is 23.1 Å². The number of hydrogen-bond donors (Lipinski definition) is 1. The molecule has 2 aromatic carbocycles. The quantitative estimate of drug-likeness (QED) is 0.622. The number of aromatic nitrogens is 2. The first-order valence-electron chi connectivity index (χ1n) is 7.81. The van der Waals surface area contributed by atoms with Crippen LogP contribution in [0.3, 0.4) is 0 Å². The van der Waals surface area contributed by atoms with Gasteiger partial charge < -0.3 is 19.2 Å². The van der Waals surface area contributed by atoms with E-state index in [4.69, 9.17) is 14.2 Å². The molecule has 0 amide bonds. The largest absolute Gasteiger partial charge is 0.497 e. The van der Waals surface area contributed by atoms with E-state index in [-0.39, 0.29) is 5.56 Å². The SMILES string of the molecule is COc1ccc2c(c1)Cc1c(nc(-c3ccccc3OC)[nH]c1=O)O2. The van der Waals surface area contributed by atoms with Crippen LogP contribution in [0.4, 0.5) is 0 Å². The lowest BCUT2D eigenvalue weighted by Crippen LogP contribution is -2.20. The van der Waals surface area contributed by atoms with Crippen LogP contribution in [0.25, 0.3) is 11.4 Å². The zero-order valence-corrected chi connectivity index (χ0v) is 13.8. The summed E-state index contributed by atoms with van der Waals surface area (Å²) >= 11 is 0. The van der Waals surface area contributed by atoms with Crippen molar-refractivity contribution in [2.24, 2.45) is 0 Å². The summed E-state index contributed by atoms with van der Waals surface area (Å²) in [5, 5.41) is 0. The van der Waals surface area contributed by atoms with Gasteiger partial charge in [-0.25, -0.2) is 0 Å². The molecular formula is C19H16N2O4. The van der Waals surface area contributed by atoms with Crippen LogP contribution < -0.4 is 19.8 Å². The second kappa shape index (κ2) is 5.98. The van der Waals surface area contributed by atoms with Gasteiger partial charge in [-0.15, -0.1) is 0 Å². The summed E-state index contributed by atoms with van der Waals surface area (Å²) in [7, 11) is 3.18. The van der Waals surface area contributed by atoms with E-state index in [1.807, 2.05) is 42.5 Å². The average molecular weight is 336 g/mol. The maximum absolute atomic E-state index is 12.6. The van der Waals surface area contributed by atoms with Gasteiger partial charge in [0.25, 0.3) is 5.56 Å². The zero-order valence-electron chi connectivity index (χ0n) is 13.8. The molecular weight excluding hydrogens is 320 g/mol. The summed E-state index contributed by atoms with van der Waals surface area (Å²) in [6, 6.07) is 12.9. The lowest BCUT2D eigenvalue weighted by atomic mass is 10.0. The van der Waals surface area contributed by atoms with Gasteiger partial charge in [0.2, 0.25) is 5.88 Å². The van der Waals surface area contributed by atoms with Crippen molar-refractivity contribution < 1.29 is 14.2 Å². The molecule has 0 saturated carbocycles. The number of aromatic amines is 1. The van der Waals surface area contributed by atoms with Crippen LogP contribution in [0.1, 0.15) is 11.1 Å². The number of nitrogens with zero attached hydrogens (tertiary/aromatic N) is 1. The van der Waals surface area contributed by atoms with Gasteiger partial charge in [0, 0.05) is 12.0 Å². The molecule has 0 atom stereocenters. The van der Waals surface area contributed by atoms with E-state index < -0.39 is 0 Å². The zero-order chi connectivity index (χ0) is 17.4. The maximum atomic E-state index is 12.6. The first kappa shape index (κ1) is 15.3. The molecule has 2 heterocycles. The van der Waals surface area contributed by atoms with E-state index >= 15 is 0 Å². The molecule has 0 aliphatic carbocycles. The Morgan fingerprint density at radius 3 is 2.76 bits per heavy atom. The second-order valence-electron chi connectivity index (χ2n) is 5.65. The molecule has 1 aliphatic rings. The minimum atomic E-state index is -0.223. The number of H-pyrrole nitrogens is 1. The van der Waals surface area contributed by atoms with E-state index in [0.29, 0.717) is 40.8 Å². The van der Waals surface area contributed by atoms with Gasteiger partial charge in [0.05, 0.1) is 25.3 Å². The van der Waals surface area contributed by atoms with Gasteiger partial charge >= 0.3 is 0 Å². The van der Waals surface area contributed by atoms with E-state index in [9.17, 15) is 4.79 Å². The Balaban J connectivity index is 1.81. The average Bonchev–Trinajstić information content (AvgIpc) is 2.66. The molecule has 0 bridgehead atoms. The summed E-state index contributed by atoms with van der Waals surface area (Å²) in [6.07, 6.45) is 0.441. The molecule has 6 nitrogen and oxygen atoms in total. The topological polar surface area (TPSA) is 73.4 Å². The third-order valence-electron chi connectivity index (χ3n) is 4.18. The van der Waals surface area contributed by atoms with Crippen LogP contribution in [0.2, 0.25) is 0 Å². The molecule has 1 aliphatic heterocycles. The highest BCUT2D eigenvalue weighted by molar-refractivity contribution is 5.65. The lowest BCUT2D eigenvalue weighted by molar-refractivity contribution is 0.407. The first-order valence-corrected chi connectivity index (χ1v) is 7.81. The minimum absolute atomic E-state index is 0.223. The van der Waals surface area contributed by atoms with Crippen molar-refractivity contribution in [3.05, 3.63) is 63.9 Å². The number of hydrogen-bond acceptors (Lipinski definition) is 5. The smallest absolute Gasteiger partial charge is 0.258 e. The summed E-state index contributed by atoms with van der Waals surface area (Å²) in [5.74, 6) is 2.77. The number of benzene rings is 2. The van der Waals surface area contributed by atoms with Crippen molar-refractivity contribution in [3.8, 4) is 34.5 Å². The van der Waals surface area contributed by atoms with Gasteiger partial charge in [0.15, 0.2) is 0 Å².